The molecule has 1 aromatic rings. The molecule has 0 aliphatic carbocycles. The van der Waals surface area contributed by atoms with E-state index in [1.54, 1.807) is 11.9 Å². The Hall–Kier alpha value is -1.92. The van der Waals surface area contributed by atoms with Crippen LogP contribution in [0, 0.1) is 15.5 Å². The van der Waals surface area contributed by atoms with Crippen molar-refractivity contribution in [2.24, 2.45) is 5.41 Å². The van der Waals surface area contributed by atoms with Gasteiger partial charge in [0, 0.05) is 13.1 Å². The molecule has 1 atom stereocenters. The van der Waals surface area contributed by atoms with Gasteiger partial charge in [0.25, 0.3) is 0 Å². The van der Waals surface area contributed by atoms with Gasteiger partial charge in [-0.05, 0) is 12.3 Å². The van der Waals surface area contributed by atoms with Crippen LogP contribution in [-0.4, -0.2) is 28.0 Å². The second-order valence-corrected chi connectivity index (χ2v) is 5.35. The topological polar surface area (TPSA) is 98.2 Å². The lowest BCUT2D eigenvalue weighted by atomic mass is 9.87. The Morgan fingerprint density at radius 1 is 1.50 bits per heavy atom. The Labute approximate surface area is 106 Å². The smallest absolute Gasteiger partial charge is 0.329 e. The first kappa shape index (κ1) is 14.1. The number of nitrogens with zero attached hydrogens (tertiary/aromatic N) is 4. The van der Waals surface area contributed by atoms with Crippen LogP contribution in [-0.2, 0) is 0 Å². The molecule has 100 valence electrons. The molecule has 0 saturated carbocycles. The molecule has 0 bridgehead atoms. The number of anilines is 2. The third-order valence-electron chi connectivity index (χ3n) is 3.13. The summed E-state index contributed by atoms with van der Waals surface area (Å²) in [6.45, 7) is 8.17. The molecule has 0 radical (unpaired) electrons. The molecule has 1 rings (SSSR count). The first-order valence-corrected chi connectivity index (χ1v) is 5.64. The van der Waals surface area contributed by atoms with Crippen molar-refractivity contribution < 1.29 is 4.92 Å². The largest absolute Gasteiger partial charge is 0.368 e. The van der Waals surface area contributed by atoms with Crippen LogP contribution in [0.3, 0.4) is 0 Å². The fraction of sp³-hybridized carbons (Fsp3) is 0.636. The fourth-order valence-electron chi connectivity index (χ4n) is 1.53. The highest BCUT2D eigenvalue weighted by Gasteiger charge is 2.29. The maximum Gasteiger partial charge on any atom is 0.329 e. The van der Waals surface area contributed by atoms with Gasteiger partial charge in [0.15, 0.2) is 0 Å². The van der Waals surface area contributed by atoms with E-state index in [-0.39, 0.29) is 28.9 Å². The Balaban J connectivity index is 3.23. The normalized spacial score (nSPS) is 13.2. The summed E-state index contributed by atoms with van der Waals surface area (Å²) in [5.74, 6) is 0.276. The molecule has 0 amide bonds. The predicted octanol–water partition coefficient (Wildman–Crippen LogP) is 1.84. The maximum absolute atomic E-state index is 11.0. The SMILES string of the molecule is CC(N(C)c1nc(N)ncc1[N+](=O)[O-])C(C)(C)C. The van der Waals surface area contributed by atoms with E-state index >= 15 is 0 Å². The Bertz CT molecular complexity index is 455. The van der Waals surface area contributed by atoms with Crippen molar-refractivity contribution in [3.63, 3.8) is 0 Å². The zero-order chi connectivity index (χ0) is 14.1. The van der Waals surface area contributed by atoms with Gasteiger partial charge in [0.05, 0.1) is 4.92 Å². The van der Waals surface area contributed by atoms with E-state index in [1.807, 2.05) is 6.92 Å². The molecule has 7 heteroatoms. The molecule has 0 spiro atoms. The zero-order valence-corrected chi connectivity index (χ0v) is 11.3. The van der Waals surface area contributed by atoms with Crippen molar-refractivity contribution in [3.05, 3.63) is 16.3 Å². The van der Waals surface area contributed by atoms with E-state index in [0.717, 1.165) is 6.20 Å². The fourth-order valence-corrected chi connectivity index (χ4v) is 1.53. The minimum absolute atomic E-state index is 0.0311. The number of hydrogen-bond acceptors (Lipinski definition) is 6. The highest BCUT2D eigenvalue weighted by Crippen LogP contribution is 2.31. The van der Waals surface area contributed by atoms with Crippen molar-refractivity contribution in [2.75, 3.05) is 17.7 Å². The van der Waals surface area contributed by atoms with Gasteiger partial charge in [0.1, 0.15) is 6.20 Å². The van der Waals surface area contributed by atoms with Crippen molar-refractivity contribution >= 4 is 17.5 Å². The van der Waals surface area contributed by atoms with Gasteiger partial charge >= 0.3 is 5.69 Å². The van der Waals surface area contributed by atoms with Gasteiger partial charge in [-0.2, -0.15) is 4.98 Å². The van der Waals surface area contributed by atoms with E-state index in [1.165, 1.54) is 0 Å². The predicted molar refractivity (Wildman–Crippen MR) is 70.4 cm³/mol. The Morgan fingerprint density at radius 3 is 2.50 bits per heavy atom. The summed E-state index contributed by atoms with van der Waals surface area (Å²) in [4.78, 5) is 19.9. The molecule has 18 heavy (non-hydrogen) atoms. The number of nitrogen functional groups attached to an aromatic ring is 1. The lowest BCUT2D eigenvalue weighted by Gasteiger charge is -2.35. The highest BCUT2D eigenvalue weighted by atomic mass is 16.6. The van der Waals surface area contributed by atoms with E-state index in [4.69, 9.17) is 5.73 Å². The Kier molecular flexibility index (Phi) is 3.73. The van der Waals surface area contributed by atoms with Crippen LogP contribution in [0.15, 0.2) is 6.20 Å². The molecule has 0 aliphatic heterocycles. The van der Waals surface area contributed by atoms with Gasteiger partial charge in [-0.3, -0.25) is 10.1 Å². The molecule has 1 aromatic heterocycles. The minimum atomic E-state index is -0.499. The van der Waals surface area contributed by atoms with Crippen LogP contribution in [0.25, 0.3) is 0 Å². The Morgan fingerprint density at radius 2 is 2.06 bits per heavy atom. The lowest BCUT2D eigenvalue weighted by molar-refractivity contribution is -0.384. The third-order valence-corrected chi connectivity index (χ3v) is 3.13. The second-order valence-electron chi connectivity index (χ2n) is 5.35. The van der Waals surface area contributed by atoms with Crippen molar-refractivity contribution in [1.82, 2.24) is 9.97 Å². The molecule has 0 fully saturated rings. The lowest BCUT2D eigenvalue weighted by Crippen LogP contribution is -2.40. The summed E-state index contributed by atoms with van der Waals surface area (Å²) in [5, 5.41) is 11.0. The molecule has 0 aromatic carbocycles. The van der Waals surface area contributed by atoms with Crippen LogP contribution < -0.4 is 10.6 Å². The standard InChI is InChI=1S/C11H19N5O2/c1-7(11(2,3)4)15(5)9-8(16(17)18)6-13-10(12)14-9/h6-7H,1-5H3,(H2,12,13,14). The van der Waals surface area contributed by atoms with E-state index in [0.29, 0.717) is 0 Å². The average molecular weight is 253 g/mol. The van der Waals surface area contributed by atoms with Gasteiger partial charge in [-0.1, -0.05) is 20.8 Å². The van der Waals surface area contributed by atoms with E-state index in [9.17, 15) is 10.1 Å². The van der Waals surface area contributed by atoms with Crippen LogP contribution in [0.4, 0.5) is 17.5 Å². The van der Waals surface area contributed by atoms with Gasteiger partial charge in [-0.15, -0.1) is 0 Å². The molecule has 0 saturated heterocycles. The summed E-state index contributed by atoms with van der Waals surface area (Å²) in [7, 11) is 1.77. The monoisotopic (exact) mass is 253 g/mol. The summed E-state index contributed by atoms with van der Waals surface area (Å²) in [6.07, 6.45) is 1.14. The number of rotatable bonds is 3. The summed E-state index contributed by atoms with van der Waals surface area (Å²) in [5.41, 5.74) is 5.33. The summed E-state index contributed by atoms with van der Waals surface area (Å²) in [6, 6.07) is 0.0606. The molecular weight excluding hydrogens is 234 g/mol. The second kappa shape index (κ2) is 4.75. The van der Waals surface area contributed by atoms with Crippen LogP contribution >= 0.6 is 0 Å². The summed E-state index contributed by atoms with van der Waals surface area (Å²) >= 11 is 0. The summed E-state index contributed by atoms with van der Waals surface area (Å²) < 4.78 is 0. The number of nitrogens with two attached hydrogens (primary N) is 1. The van der Waals surface area contributed by atoms with Crippen LogP contribution in [0.2, 0.25) is 0 Å². The number of nitro groups is 1. The highest BCUT2D eigenvalue weighted by molar-refractivity contribution is 5.58. The zero-order valence-electron chi connectivity index (χ0n) is 11.3. The van der Waals surface area contributed by atoms with E-state index < -0.39 is 4.92 Å². The van der Waals surface area contributed by atoms with Crippen molar-refractivity contribution in [3.8, 4) is 0 Å². The molecule has 7 nitrogen and oxygen atoms in total. The van der Waals surface area contributed by atoms with Crippen LogP contribution in [0.5, 0.6) is 0 Å². The number of aromatic nitrogens is 2. The first-order valence-electron chi connectivity index (χ1n) is 5.64. The van der Waals surface area contributed by atoms with Crippen LogP contribution in [0.1, 0.15) is 27.7 Å². The molecule has 1 heterocycles. The number of hydrogen-bond donors (Lipinski definition) is 1. The minimum Gasteiger partial charge on any atom is -0.368 e. The molecule has 1 unspecified atom stereocenters. The first-order chi connectivity index (χ1) is 8.14. The quantitative estimate of drug-likeness (QED) is 0.652. The molecule has 0 aliphatic rings. The maximum atomic E-state index is 11.0. The third kappa shape index (κ3) is 2.85. The van der Waals surface area contributed by atoms with Gasteiger partial charge < -0.3 is 10.6 Å². The van der Waals surface area contributed by atoms with Gasteiger partial charge in [0.2, 0.25) is 11.8 Å². The molecule has 2 N–H and O–H groups in total. The van der Waals surface area contributed by atoms with Gasteiger partial charge in [-0.25, -0.2) is 4.98 Å². The van der Waals surface area contributed by atoms with Crippen molar-refractivity contribution in [2.45, 2.75) is 33.7 Å². The van der Waals surface area contributed by atoms with Crippen molar-refractivity contribution in [1.29, 1.82) is 0 Å². The van der Waals surface area contributed by atoms with E-state index in [2.05, 4.69) is 30.7 Å². The average Bonchev–Trinajstić information content (AvgIpc) is 2.25. The molecular formula is C11H19N5O2.